The Morgan fingerprint density at radius 2 is 2.10 bits per heavy atom. The molecule has 0 aromatic rings. The highest BCUT2D eigenvalue weighted by Gasteiger charge is 1.98. The molecule has 0 amide bonds. The normalized spacial score (nSPS) is 13.1. The van der Waals surface area contributed by atoms with E-state index in [1.54, 1.807) is 0 Å². The molecule has 2 heteroatoms. The highest BCUT2D eigenvalue weighted by Crippen LogP contribution is 2.02. The maximum Gasteiger partial charge on any atom is 0.208 e. The first kappa shape index (κ1) is 10.0. The van der Waals surface area contributed by atoms with Crippen LogP contribution in [0.15, 0.2) is 0 Å². The van der Waals surface area contributed by atoms with Crippen LogP contribution in [0, 0.1) is 0 Å². The topological polar surface area (TPSA) is 12.0 Å². The van der Waals surface area contributed by atoms with Crippen molar-refractivity contribution in [1.82, 2.24) is 5.23 Å². The number of unbranched alkanes of at least 4 members (excludes halogenated alkanes) is 1. The predicted molar refractivity (Wildman–Crippen MR) is 48.4 cm³/mol. The van der Waals surface area contributed by atoms with Gasteiger partial charge in [0.1, 0.15) is 0 Å². The van der Waals surface area contributed by atoms with Crippen LogP contribution in [0.4, 0.5) is 0 Å². The van der Waals surface area contributed by atoms with Crippen molar-refractivity contribution < 1.29 is 0 Å². The van der Waals surface area contributed by atoms with Gasteiger partial charge >= 0.3 is 0 Å². The van der Waals surface area contributed by atoms with Gasteiger partial charge in [0.15, 0.2) is 0 Å². The maximum atomic E-state index is 3.31. The average Bonchev–Trinajstić information content (AvgIpc) is 1.98. The van der Waals surface area contributed by atoms with Gasteiger partial charge in [-0.2, -0.15) is 0 Å². The van der Waals surface area contributed by atoms with Gasteiger partial charge in [-0.15, -0.1) is 0 Å². The number of hydrogen-bond acceptors (Lipinski definition) is 1. The van der Waals surface area contributed by atoms with Crippen molar-refractivity contribution in [2.24, 2.45) is 0 Å². The summed E-state index contributed by atoms with van der Waals surface area (Å²) in [5, 5.41) is 3.31. The van der Waals surface area contributed by atoms with Crippen LogP contribution < -0.4 is 5.23 Å². The molecule has 0 aliphatic carbocycles. The minimum atomic E-state index is 0.719. The summed E-state index contributed by atoms with van der Waals surface area (Å²) in [6.45, 7) is 7.80. The Hall–Kier alpha value is 0.0249. The molecule has 1 unspecified atom stereocenters. The van der Waals surface area contributed by atoms with Crippen LogP contribution in [0.25, 0.3) is 0 Å². The molecule has 0 heterocycles. The molecule has 0 aromatic carbocycles. The summed E-state index contributed by atoms with van der Waals surface area (Å²) in [4.78, 5) is 0. The Labute approximate surface area is 65.9 Å². The van der Waals surface area contributed by atoms with Crippen molar-refractivity contribution in [3.05, 3.63) is 0 Å². The van der Waals surface area contributed by atoms with E-state index in [1.807, 2.05) is 0 Å². The summed E-state index contributed by atoms with van der Waals surface area (Å²) in [5.41, 5.74) is 0. The van der Waals surface area contributed by atoms with Gasteiger partial charge in [0.05, 0.1) is 0 Å². The lowest BCUT2D eigenvalue weighted by atomic mass is 9.75. The molecular weight excluding hydrogens is 121 g/mol. The summed E-state index contributed by atoms with van der Waals surface area (Å²) < 4.78 is 0. The Balaban J connectivity index is 2.89. The molecule has 0 bridgehead atoms. The van der Waals surface area contributed by atoms with E-state index < -0.39 is 0 Å². The van der Waals surface area contributed by atoms with E-state index >= 15 is 0 Å². The fourth-order valence-corrected chi connectivity index (χ4v) is 0.681. The zero-order valence-corrected chi connectivity index (χ0v) is 7.48. The minimum Gasteiger partial charge on any atom is -0.360 e. The first-order valence-corrected chi connectivity index (χ1v) is 4.38. The zero-order valence-electron chi connectivity index (χ0n) is 7.48. The van der Waals surface area contributed by atoms with E-state index in [-0.39, 0.29) is 0 Å². The van der Waals surface area contributed by atoms with E-state index in [2.05, 4.69) is 33.4 Å². The van der Waals surface area contributed by atoms with Crippen molar-refractivity contribution in [2.45, 2.75) is 45.9 Å². The molecule has 1 nitrogen and oxygen atoms in total. The quantitative estimate of drug-likeness (QED) is 0.440. The predicted octanol–water partition coefficient (Wildman–Crippen LogP) is 2.21. The lowest BCUT2D eigenvalue weighted by molar-refractivity contribution is 0.749. The molecule has 0 aliphatic rings. The molecule has 0 saturated carbocycles. The van der Waals surface area contributed by atoms with Crippen molar-refractivity contribution in [2.75, 3.05) is 6.54 Å². The Morgan fingerprint density at radius 1 is 1.40 bits per heavy atom. The van der Waals surface area contributed by atoms with Crippen molar-refractivity contribution >= 4 is 7.41 Å². The fourth-order valence-electron chi connectivity index (χ4n) is 0.681. The van der Waals surface area contributed by atoms with Crippen LogP contribution in [0.5, 0.6) is 0 Å². The van der Waals surface area contributed by atoms with Gasteiger partial charge in [-0.05, 0) is 13.0 Å². The second-order valence-corrected chi connectivity index (χ2v) is 2.86. The molecule has 1 radical (unpaired) electrons. The number of rotatable bonds is 6. The smallest absolute Gasteiger partial charge is 0.208 e. The maximum absolute atomic E-state index is 3.31. The second kappa shape index (κ2) is 7.14. The lowest BCUT2D eigenvalue weighted by Gasteiger charge is -2.06. The summed E-state index contributed by atoms with van der Waals surface area (Å²) in [6.07, 6.45) is 3.80. The first-order valence-electron chi connectivity index (χ1n) is 4.38. The highest BCUT2D eigenvalue weighted by atomic mass is 14.7. The third kappa shape index (κ3) is 6.15. The van der Waals surface area contributed by atoms with Gasteiger partial charge in [-0.1, -0.05) is 39.4 Å². The van der Waals surface area contributed by atoms with Crippen molar-refractivity contribution in [1.29, 1.82) is 0 Å². The van der Waals surface area contributed by atoms with Gasteiger partial charge in [-0.25, -0.2) is 0 Å². The Bertz CT molecular complexity index is 66.3. The number of hydrogen-bond donors (Lipinski definition) is 1. The van der Waals surface area contributed by atoms with Crippen LogP contribution in [0.1, 0.15) is 40.0 Å². The van der Waals surface area contributed by atoms with Crippen LogP contribution >= 0.6 is 0 Å². The highest BCUT2D eigenvalue weighted by molar-refractivity contribution is 6.34. The van der Waals surface area contributed by atoms with Gasteiger partial charge in [-0.3, -0.25) is 0 Å². The van der Waals surface area contributed by atoms with Gasteiger partial charge < -0.3 is 5.23 Å². The van der Waals surface area contributed by atoms with Crippen LogP contribution in [-0.4, -0.2) is 14.0 Å². The second-order valence-electron chi connectivity index (χ2n) is 2.86. The van der Waals surface area contributed by atoms with Crippen molar-refractivity contribution in [3.8, 4) is 0 Å². The van der Waals surface area contributed by atoms with Crippen LogP contribution in [-0.2, 0) is 0 Å². The molecule has 59 valence electrons. The summed E-state index contributed by atoms with van der Waals surface area (Å²) in [5.74, 6) is 0.719. The Morgan fingerprint density at radius 3 is 2.60 bits per heavy atom. The Kier molecular flexibility index (Phi) is 7.15. The molecular formula is C8H19BN. The molecule has 1 N–H and O–H groups in total. The molecule has 0 saturated heterocycles. The molecule has 0 aromatic heterocycles. The zero-order chi connectivity index (χ0) is 7.82. The molecule has 10 heavy (non-hydrogen) atoms. The third-order valence-corrected chi connectivity index (χ3v) is 1.72. The van der Waals surface area contributed by atoms with Gasteiger partial charge in [0.25, 0.3) is 0 Å². The molecule has 0 spiro atoms. The fraction of sp³-hybridized carbons (Fsp3) is 1.00. The van der Waals surface area contributed by atoms with E-state index in [1.165, 1.54) is 19.3 Å². The molecule has 1 atom stereocenters. The van der Waals surface area contributed by atoms with Gasteiger partial charge in [0.2, 0.25) is 7.41 Å². The van der Waals surface area contributed by atoms with Crippen LogP contribution in [0.3, 0.4) is 0 Å². The molecule has 0 fully saturated rings. The molecule has 0 aliphatic heterocycles. The molecule has 0 rings (SSSR count). The summed E-state index contributed by atoms with van der Waals surface area (Å²) in [6, 6.07) is 0. The minimum absolute atomic E-state index is 0.719. The van der Waals surface area contributed by atoms with E-state index in [0.29, 0.717) is 0 Å². The standard InChI is InChI=1S/C8H19BN/c1-4-6-7-10-9-8(3)5-2/h8,10H,4-7H2,1-3H3. The summed E-state index contributed by atoms with van der Waals surface area (Å²) in [7, 11) is 2.20. The van der Waals surface area contributed by atoms with E-state index in [9.17, 15) is 0 Å². The lowest BCUT2D eigenvalue weighted by Crippen LogP contribution is -2.23. The van der Waals surface area contributed by atoms with Crippen molar-refractivity contribution in [3.63, 3.8) is 0 Å². The third-order valence-electron chi connectivity index (χ3n) is 1.72. The monoisotopic (exact) mass is 140 g/mol. The van der Waals surface area contributed by atoms with E-state index in [0.717, 1.165) is 12.4 Å². The van der Waals surface area contributed by atoms with Gasteiger partial charge in [0, 0.05) is 0 Å². The first-order chi connectivity index (χ1) is 4.81. The average molecular weight is 140 g/mol. The van der Waals surface area contributed by atoms with Crippen LogP contribution in [0.2, 0.25) is 5.82 Å². The largest absolute Gasteiger partial charge is 0.360 e. The number of nitrogens with one attached hydrogen (secondary N) is 1. The van der Waals surface area contributed by atoms with E-state index in [4.69, 9.17) is 0 Å². The summed E-state index contributed by atoms with van der Waals surface area (Å²) >= 11 is 0. The SMILES string of the molecule is CCCCN[B]C(C)CC.